The van der Waals surface area contributed by atoms with Gasteiger partial charge in [-0.05, 0) is 30.5 Å². The van der Waals surface area contributed by atoms with E-state index in [2.05, 4.69) is 49.0 Å². The van der Waals surface area contributed by atoms with Crippen LogP contribution in [0, 0.1) is 6.92 Å². The predicted molar refractivity (Wildman–Crippen MR) is 80.5 cm³/mol. The molecule has 0 saturated carbocycles. The van der Waals surface area contributed by atoms with Crippen LogP contribution >= 0.6 is 0 Å². The lowest BCUT2D eigenvalue weighted by molar-refractivity contribution is 0.301. The van der Waals surface area contributed by atoms with Gasteiger partial charge in [-0.2, -0.15) is 0 Å². The Morgan fingerprint density at radius 1 is 1.37 bits per heavy atom. The van der Waals surface area contributed by atoms with E-state index in [0.717, 1.165) is 25.3 Å². The third-order valence-corrected chi connectivity index (χ3v) is 2.98. The van der Waals surface area contributed by atoms with E-state index in [1.165, 1.54) is 11.1 Å². The second-order valence-corrected chi connectivity index (χ2v) is 5.23. The van der Waals surface area contributed by atoms with Gasteiger partial charge in [0.25, 0.3) is 0 Å². The molecule has 0 unspecified atom stereocenters. The van der Waals surface area contributed by atoms with Crippen LogP contribution < -0.4 is 10.2 Å². The normalized spacial score (nSPS) is 11.1. The number of aliphatic hydroxyl groups excluding tert-OH is 1. The molecule has 1 aromatic rings. The number of nitrogens with zero attached hydrogens (tertiary/aromatic N) is 2. The molecule has 1 heterocycles. The van der Waals surface area contributed by atoms with Gasteiger partial charge in [0.15, 0.2) is 0 Å². The first-order valence-electron chi connectivity index (χ1n) is 7.13. The topological polar surface area (TPSA) is 48.4 Å². The number of aliphatic hydroxyl groups is 1. The smallest absolute Gasteiger partial charge is 0.131 e. The second kappa shape index (κ2) is 8.12. The molecule has 2 N–H and O–H groups in total. The summed E-state index contributed by atoms with van der Waals surface area (Å²) in [6, 6.07) is 2.66. The van der Waals surface area contributed by atoms with E-state index < -0.39 is 0 Å². The maximum Gasteiger partial charge on any atom is 0.131 e. The summed E-state index contributed by atoms with van der Waals surface area (Å²) in [5.74, 6) is 0.990. The van der Waals surface area contributed by atoms with E-state index in [9.17, 15) is 0 Å². The molecule has 4 heteroatoms. The van der Waals surface area contributed by atoms with Gasteiger partial charge < -0.3 is 15.3 Å². The first kappa shape index (κ1) is 15.9. The quantitative estimate of drug-likeness (QED) is 0.756. The van der Waals surface area contributed by atoms with Crippen molar-refractivity contribution in [3.8, 4) is 0 Å². The van der Waals surface area contributed by atoms with E-state index in [0.29, 0.717) is 12.6 Å². The van der Waals surface area contributed by atoms with Crippen molar-refractivity contribution in [1.82, 2.24) is 10.3 Å². The number of hydrogen-bond acceptors (Lipinski definition) is 4. The van der Waals surface area contributed by atoms with Crippen molar-refractivity contribution in [3.63, 3.8) is 0 Å². The van der Waals surface area contributed by atoms with Crippen molar-refractivity contribution < 1.29 is 5.11 Å². The van der Waals surface area contributed by atoms with Gasteiger partial charge in [0.2, 0.25) is 0 Å². The fourth-order valence-corrected chi connectivity index (χ4v) is 2.09. The van der Waals surface area contributed by atoms with Crippen molar-refractivity contribution >= 4 is 5.82 Å². The van der Waals surface area contributed by atoms with Gasteiger partial charge in [-0.3, -0.25) is 0 Å². The molecular formula is C15H27N3O. The minimum absolute atomic E-state index is 0.164. The van der Waals surface area contributed by atoms with E-state index >= 15 is 0 Å². The van der Waals surface area contributed by atoms with Crippen LogP contribution in [0.15, 0.2) is 12.3 Å². The van der Waals surface area contributed by atoms with Crippen LogP contribution in [0.1, 0.15) is 38.3 Å². The molecule has 0 saturated heterocycles. The van der Waals surface area contributed by atoms with E-state index in [1.54, 1.807) is 0 Å². The minimum atomic E-state index is 0.164. The van der Waals surface area contributed by atoms with Gasteiger partial charge in [-0.1, -0.05) is 20.8 Å². The fraction of sp³-hybridized carbons (Fsp3) is 0.667. The minimum Gasteiger partial charge on any atom is -0.395 e. The predicted octanol–water partition coefficient (Wildman–Crippen LogP) is 2.10. The molecule has 0 spiro atoms. The molecule has 0 bridgehead atoms. The first-order chi connectivity index (χ1) is 9.08. The number of hydrogen-bond donors (Lipinski definition) is 2. The molecule has 0 fully saturated rings. The third kappa shape index (κ3) is 5.17. The average Bonchev–Trinajstić information content (AvgIpc) is 2.36. The third-order valence-electron chi connectivity index (χ3n) is 2.98. The molecular weight excluding hydrogens is 238 g/mol. The van der Waals surface area contributed by atoms with Crippen molar-refractivity contribution in [2.24, 2.45) is 0 Å². The number of aryl methyl sites for hydroxylation is 1. The highest BCUT2D eigenvalue weighted by Crippen LogP contribution is 2.18. The zero-order chi connectivity index (χ0) is 14.3. The van der Waals surface area contributed by atoms with Gasteiger partial charge in [0.1, 0.15) is 5.82 Å². The summed E-state index contributed by atoms with van der Waals surface area (Å²) in [5, 5.41) is 12.5. The van der Waals surface area contributed by atoms with Crippen molar-refractivity contribution in [3.05, 3.63) is 23.4 Å². The first-order valence-corrected chi connectivity index (χ1v) is 7.13. The Balaban J connectivity index is 2.79. The Morgan fingerprint density at radius 3 is 2.63 bits per heavy atom. The van der Waals surface area contributed by atoms with Crippen LogP contribution in [0.5, 0.6) is 0 Å². The van der Waals surface area contributed by atoms with E-state index in [-0.39, 0.29) is 6.61 Å². The molecule has 0 aliphatic rings. The van der Waals surface area contributed by atoms with Crippen molar-refractivity contribution in [2.45, 2.75) is 46.7 Å². The highest BCUT2D eigenvalue weighted by Gasteiger charge is 2.10. The summed E-state index contributed by atoms with van der Waals surface area (Å²) < 4.78 is 0. The molecule has 0 aromatic carbocycles. The van der Waals surface area contributed by atoms with Crippen LogP contribution in [0.3, 0.4) is 0 Å². The van der Waals surface area contributed by atoms with Crippen LogP contribution in [0.25, 0.3) is 0 Å². The Hall–Kier alpha value is -1.13. The summed E-state index contributed by atoms with van der Waals surface area (Å²) in [6.07, 6.45) is 2.98. The molecule has 0 atom stereocenters. The monoisotopic (exact) mass is 265 g/mol. The summed E-state index contributed by atoms with van der Waals surface area (Å²) in [7, 11) is 0. The molecule has 0 radical (unpaired) electrons. The summed E-state index contributed by atoms with van der Waals surface area (Å²) in [6.45, 7) is 11.1. The molecule has 4 nitrogen and oxygen atoms in total. The number of nitrogens with one attached hydrogen (secondary N) is 1. The average molecular weight is 265 g/mol. The molecule has 19 heavy (non-hydrogen) atoms. The molecule has 0 amide bonds. The van der Waals surface area contributed by atoms with Crippen LogP contribution in [-0.2, 0) is 6.54 Å². The molecule has 108 valence electrons. The standard InChI is InChI=1S/C15H27N3O/c1-5-6-18(7-8-19)15-13(4)9-14(11-17-15)10-16-12(2)3/h9,11-12,16,19H,5-8,10H2,1-4H3. The van der Waals surface area contributed by atoms with Gasteiger partial charge in [0, 0.05) is 31.9 Å². The summed E-state index contributed by atoms with van der Waals surface area (Å²) in [4.78, 5) is 6.72. The zero-order valence-electron chi connectivity index (χ0n) is 12.6. The number of rotatable bonds is 8. The zero-order valence-corrected chi connectivity index (χ0v) is 12.6. The van der Waals surface area contributed by atoms with Crippen molar-refractivity contribution in [1.29, 1.82) is 0 Å². The molecule has 0 aliphatic carbocycles. The maximum absolute atomic E-state index is 9.14. The number of aromatic nitrogens is 1. The molecule has 1 rings (SSSR count). The van der Waals surface area contributed by atoms with Crippen molar-refractivity contribution in [2.75, 3.05) is 24.6 Å². The SMILES string of the molecule is CCCN(CCO)c1ncc(CNC(C)C)cc1C. The number of pyridine rings is 1. The van der Waals surface area contributed by atoms with E-state index in [1.807, 2.05) is 6.20 Å². The highest BCUT2D eigenvalue weighted by atomic mass is 16.3. The van der Waals surface area contributed by atoms with Crippen LogP contribution in [0.4, 0.5) is 5.82 Å². The van der Waals surface area contributed by atoms with Gasteiger partial charge >= 0.3 is 0 Å². The van der Waals surface area contributed by atoms with Crippen LogP contribution in [0.2, 0.25) is 0 Å². The molecule has 1 aromatic heterocycles. The van der Waals surface area contributed by atoms with E-state index in [4.69, 9.17) is 5.11 Å². The highest BCUT2D eigenvalue weighted by molar-refractivity contribution is 5.47. The van der Waals surface area contributed by atoms with Gasteiger partial charge in [-0.25, -0.2) is 4.98 Å². The maximum atomic E-state index is 9.14. The molecule has 0 aliphatic heterocycles. The second-order valence-electron chi connectivity index (χ2n) is 5.23. The van der Waals surface area contributed by atoms with Gasteiger partial charge in [0.05, 0.1) is 6.61 Å². The largest absolute Gasteiger partial charge is 0.395 e. The summed E-state index contributed by atoms with van der Waals surface area (Å²) >= 11 is 0. The Bertz CT molecular complexity index is 374. The number of anilines is 1. The van der Waals surface area contributed by atoms with Gasteiger partial charge in [-0.15, -0.1) is 0 Å². The summed E-state index contributed by atoms with van der Waals surface area (Å²) in [5.41, 5.74) is 2.38. The Labute approximate surface area is 116 Å². The lowest BCUT2D eigenvalue weighted by Gasteiger charge is -2.24. The Morgan fingerprint density at radius 2 is 2.11 bits per heavy atom. The van der Waals surface area contributed by atoms with Crippen LogP contribution in [-0.4, -0.2) is 35.8 Å². The lowest BCUT2D eigenvalue weighted by atomic mass is 10.2. The Kier molecular flexibility index (Phi) is 6.81. The fourth-order valence-electron chi connectivity index (χ4n) is 2.09. The lowest BCUT2D eigenvalue weighted by Crippen LogP contribution is -2.29.